The summed E-state index contributed by atoms with van der Waals surface area (Å²) in [6, 6.07) is 9.93. The monoisotopic (exact) mass is 297 g/mol. The second-order valence-electron chi connectivity index (χ2n) is 6.28. The van der Waals surface area contributed by atoms with Gasteiger partial charge in [-0.15, -0.1) is 0 Å². The van der Waals surface area contributed by atoms with Crippen molar-refractivity contribution in [2.75, 3.05) is 11.9 Å². The summed E-state index contributed by atoms with van der Waals surface area (Å²) in [6.07, 6.45) is 4.10. The van der Waals surface area contributed by atoms with E-state index in [1.807, 2.05) is 37.3 Å². The van der Waals surface area contributed by atoms with E-state index in [1.165, 1.54) is 0 Å². The molecule has 0 spiro atoms. The first-order chi connectivity index (χ1) is 10.7. The van der Waals surface area contributed by atoms with E-state index in [0.29, 0.717) is 12.5 Å². The van der Waals surface area contributed by atoms with Crippen molar-refractivity contribution >= 4 is 22.5 Å². The zero-order valence-corrected chi connectivity index (χ0v) is 13.0. The van der Waals surface area contributed by atoms with Crippen molar-refractivity contribution in [1.82, 2.24) is 4.98 Å². The van der Waals surface area contributed by atoms with Crippen molar-refractivity contribution in [3.05, 3.63) is 36.0 Å². The predicted octanol–water partition coefficient (Wildman–Crippen LogP) is 3.25. The van der Waals surface area contributed by atoms with E-state index in [2.05, 4.69) is 10.3 Å². The molecule has 3 rings (SSSR count). The van der Waals surface area contributed by atoms with Crippen LogP contribution in [0.1, 0.15) is 31.4 Å². The first-order valence-corrected chi connectivity index (χ1v) is 8.04. The number of fused-ring (bicyclic) bond motifs is 1. The lowest BCUT2D eigenvalue weighted by atomic mass is 9.81. The maximum atomic E-state index is 12.6. The fraction of sp³-hybridized carbons (Fsp3) is 0.444. The molecule has 1 saturated carbocycles. The van der Waals surface area contributed by atoms with Gasteiger partial charge in [-0.1, -0.05) is 24.6 Å². The summed E-state index contributed by atoms with van der Waals surface area (Å²) in [6.45, 7) is 2.64. The molecule has 1 heterocycles. The van der Waals surface area contributed by atoms with Crippen LogP contribution in [0.15, 0.2) is 30.3 Å². The van der Waals surface area contributed by atoms with E-state index in [4.69, 9.17) is 5.73 Å². The van der Waals surface area contributed by atoms with Crippen molar-refractivity contribution in [3.63, 3.8) is 0 Å². The van der Waals surface area contributed by atoms with Crippen LogP contribution in [0.5, 0.6) is 0 Å². The van der Waals surface area contributed by atoms with E-state index >= 15 is 0 Å². The van der Waals surface area contributed by atoms with Gasteiger partial charge < -0.3 is 11.1 Å². The fourth-order valence-electron chi connectivity index (χ4n) is 3.32. The van der Waals surface area contributed by atoms with Crippen molar-refractivity contribution in [1.29, 1.82) is 0 Å². The predicted molar refractivity (Wildman–Crippen MR) is 89.6 cm³/mol. The number of benzene rings is 1. The lowest BCUT2D eigenvalue weighted by Gasteiger charge is -2.27. The second kappa shape index (κ2) is 6.44. The van der Waals surface area contributed by atoms with Crippen molar-refractivity contribution < 1.29 is 4.79 Å². The third-order valence-electron chi connectivity index (χ3n) is 4.60. The molecule has 22 heavy (non-hydrogen) atoms. The van der Waals surface area contributed by atoms with Gasteiger partial charge in [0.2, 0.25) is 5.91 Å². The molecular formula is C18H23N3O. The highest BCUT2D eigenvalue weighted by Crippen LogP contribution is 2.30. The molecule has 1 aliphatic carbocycles. The minimum atomic E-state index is 0.0716. The van der Waals surface area contributed by atoms with Crippen molar-refractivity contribution in [2.24, 2.45) is 17.6 Å². The number of pyridine rings is 1. The number of nitrogens with two attached hydrogens (primary N) is 1. The maximum Gasteiger partial charge on any atom is 0.227 e. The molecule has 2 aromatic rings. The third kappa shape index (κ3) is 3.12. The summed E-state index contributed by atoms with van der Waals surface area (Å²) in [5.74, 6) is 0.661. The number of hydrogen-bond donors (Lipinski definition) is 2. The van der Waals surface area contributed by atoms with E-state index in [9.17, 15) is 4.79 Å². The van der Waals surface area contributed by atoms with Crippen molar-refractivity contribution in [2.45, 2.75) is 32.6 Å². The molecule has 0 bridgehead atoms. The standard InChI is InChI=1S/C18H23N3O/c1-12-8-9-14-5-3-7-16(17(14)20-12)21-18(22)15-6-2-4-13(10-15)11-19/h3,5,7-9,13,15H,2,4,6,10-11,19H2,1H3,(H,21,22). The molecule has 0 radical (unpaired) electrons. The Morgan fingerprint density at radius 1 is 1.32 bits per heavy atom. The number of nitrogens with one attached hydrogen (secondary N) is 1. The van der Waals surface area contributed by atoms with Crippen molar-refractivity contribution in [3.8, 4) is 0 Å². The summed E-state index contributed by atoms with van der Waals surface area (Å²) >= 11 is 0. The molecule has 3 N–H and O–H groups in total. The lowest BCUT2D eigenvalue weighted by Crippen LogP contribution is -2.30. The Balaban J connectivity index is 1.80. The van der Waals surface area contributed by atoms with Gasteiger partial charge in [-0.2, -0.15) is 0 Å². The van der Waals surface area contributed by atoms with Gasteiger partial charge in [0.25, 0.3) is 0 Å². The molecule has 2 unspecified atom stereocenters. The Hall–Kier alpha value is -1.94. The minimum absolute atomic E-state index is 0.0716. The number of aryl methyl sites for hydroxylation is 1. The summed E-state index contributed by atoms with van der Waals surface area (Å²) in [7, 11) is 0. The van der Waals surface area contributed by atoms with Gasteiger partial charge in [-0.25, -0.2) is 0 Å². The first-order valence-electron chi connectivity index (χ1n) is 8.04. The normalized spacial score (nSPS) is 21.7. The number of nitrogens with zero attached hydrogens (tertiary/aromatic N) is 1. The number of aromatic nitrogens is 1. The molecule has 0 aliphatic heterocycles. The van der Waals surface area contributed by atoms with Gasteiger partial charge in [0.1, 0.15) is 0 Å². The maximum absolute atomic E-state index is 12.6. The number of anilines is 1. The average molecular weight is 297 g/mol. The molecule has 1 aromatic carbocycles. The minimum Gasteiger partial charge on any atom is -0.330 e. The molecule has 4 nitrogen and oxygen atoms in total. The first kappa shape index (κ1) is 15.0. The van der Waals surface area contributed by atoms with Gasteiger partial charge in [0.15, 0.2) is 0 Å². The average Bonchev–Trinajstić information content (AvgIpc) is 2.55. The fourth-order valence-corrected chi connectivity index (χ4v) is 3.32. The van der Waals surface area contributed by atoms with Crippen LogP contribution in [0.3, 0.4) is 0 Å². The summed E-state index contributed by atoms with van der Waals surface area (Å²) in [4.78, 5) is 17.1. The van der Waals surface area contributed by atoms with Crippen LogP contribution in [0.2, 0.25) is 0 Å². The number of rotatable bonds is 3. The van der Waals surface area contributed by atoms with E-state index < -0.39 is 0 Å². The number of carbonyl (C=O) groups excluding carboxylic acids is 1. The molecule has 1 aliphatic rings. The number of amides is 1. The van der Waals surface area contributed by atoms with Crippen LogP contribution in [-0.4, -0.2) is 17.4 Å². The SMILES string of the molecule is Cc1ccc2cccc(NC(=O)C3CCCC(CN)C3)c2n1. The zero-order valence-electron chi connectivity index (χ0n) is 13.0. The lowest BCUT2D eigenvalue weighted by molar-refractivity contribution is -0.121. The zero-order chi connectivity index (χ0) is 15.5. The molecule has 116 valence electrons. The van der Waals surface area contributed by atoms with Gasteiger partial charge in [-0.3, -0.25) is 9.78 Å². The van der Waals surface area contributed by atoms with E-state index in [1.54, 1.807) is 0 Å². The summed E-state index contributed by atoms with van der Waals surface area (Å²) < 4.78 is 0. The summed E-state index contributed by atoms with van der Waals surface area (Å²) in [5.41, 5.74) is 8.39. The largest absolute Gasteiger partial charge is 0.330 e. The highest BCUT2D eigenvalue weighted by atomic mass is 16.1. The Morgan fingerprint density at radius 2 is 2.18 bits per heavy atom. The van der Waals surface area contributed by atoms with Gasteiger partial charge >= 0.3 is 0 Å². The van der Waals surface area contributed by atoms with E-state index in [-0.39, 0.29) is 11.8 Å². The Morgan fingerprint density at radius 3 is 3.00 bits per heavy atom. The van der Waals surface area contributed by atoms with Crippen LogP contribution >= 0.6 is 0 Å². The smallest absolute Gasteiger partial charge is 0.227 e. The molecule has 1 amide bonds. The number of para-hydroxylation sites is 1. The second-order valence-corrected chi connectivity index (χ2v) is 6.28. The Bertz CT molecular complexity index is 683. The summed E-state index contributed by atoms with van der Waals surface area (Å²) in [5, 5.41) is 4.13. The van der Waals surface area contributed by atoms with Crippen LogP contribution < -0.4 is 11.1 Å². The molecule has 1 fully saturated rings. The van der Waals surface area contributed by atoms with Gasteiger partial charge in [0.05, 0.1) is 11.2 Å². The van der Waals surface area contributed by atoms with Gasteiger partial charge in [0, 0.05) is 17.0 Å². The number of carbonyl (C=O) groups is 1. The number of hydrogen-bond acceptors (Lipinski definition) is 3. The molecular weight excluding hydrogens is 274 g/mol. The van der Waals surface area contributed by atoms with Crippen LogP contribution in [0, 0.1) is 18.8 Å². The van der Waals surface area contributed by atoms with Gasteiger partial charge in [-0.05, 0) is 50.8 Å². The molecule has 4 heteroatoms. The quantitative estimate of drug-likeness (QED) is 0.913. The van der Waals surface area contributed by atoms with Crippen LogP contribution in [0.4, 0.5) is 5.69 Å². The Labute approximate surface area is 131 Å². The Kier molecular flexibility index (Phi) is 4.39. The molecule has 0 saturated heterocycles. The van der Waals surface area contributed by atoms with E-state index in [0.717, 1.165) is 48.0 Å². The van der Waals surface area contributed by atoms with Crippen LogP contribution in [-0.2, 0) is 4.79 Å². The third-order valence-corrected chi connectivity index (χ3v) is 4.60. The molecule has 1 aromatic heterocycles. The highest BCUT2D eigenvalue weighted by Gasteiger charge is 2.26. The topological polar surface area (TPSA) is 68.0 Å². The highest BCUT2D eigenvalue weighted by molar-refractivity contribution is 6.01. The van der Waals surface area contributed by atoms with Crippen LogP contribution in [0.25, 0.3) is 10.9 Å². The molecule has 2 atom stereocenters.